The van der Waals surface area contributed by atoms with Crippen LogP contribution in [-0.2, 0) is 9.53 Å². The number of carbonyl (C=O) groups excluding carboxylic acids is 3. The summed E-state index contributed by atoms with van der Waals surface area (Å²) in [5, 5.41) is 3.71. The van der Waals surface area contributed by atoms with E-state index in [1.807, 2.05) is 12.1 Å². The maximum Gasteiger partial charge on any atom is 0.348 e. The molecular formula is C20H18N2O4S2. The first-order valence-electron chi connectivity index (χ1n) is 8.50. The van der Waals surface area contributed by atoms with Crippen molar-refractivity contribution >= 4 is 56.7 Å². The first-order chi connectivity index (χ1) is 13.5. The molecule has 144 valence electrons. The maximum atomic E-state index is 12.7. The van der Waals surface area contributed by atoms with Crippen LogP contribution in [0.1, 0.15) is 27.0 Å². The van der Waals surface area contributed by atoms with Gasteiger partial charge in [-0.1, -0.05) is 12.1 Å². The van der Waals surface area contributed by atoms with Crippen molar-refractivity contribution < 1.29 is 19.1 Å². The minimum Gasteiger partial charge on any atom is -0.462 e. The number of hydrogen-bond donors (Lipinski definition) is 2. The van der Waals surface area contributed by atoms with Crippen molar-refractivity contribution in [3.05, 3.63) is 59.0 Å². The summed E-state index contributed by atoms with van der Waals surface area (Å²) >= 11 is 2.57. The third-order valence-corrected chi connectivity index (χ3v) is 5.94. The Morgan fingerprint density at radius 2 is 1.93 bits per heavy atom. The fraction of sp³-hybridized carbons (Fsp3) is 0.150. The SMILES string of the molecule is CCOC(=O)c1cc2cc(NC(=O)c3ccccc3SCC(N)=O)ccc2s1. The van der Waals surface area contributed by atoms with E-state index in [9.17, 15) is 14.4 Å². The van der Waals surface area contributed by atoms with E-state index in [4.69, 9.17) is 10.5 Å². The Balaban J connectivity index is 1.80. The Morgan fingerprint density at radius 3 is 2.68 bits per heavy atom. The number of thiophene rings is 1. The average molecular weight is 415 g/mol. The standard InChI is InChI=1S/C20H18N2O4S2/c1-2-26-20(25)17-10-12-9-13(7-8-15(12)28-17)22-19(24)14-5-3-4-6-16(14)27-11-18(21)23/h3-10H,2,11H2,1H3,(H2,21,23)(H,22,24). The van der Waals surface area contributed by atoms with Crippen LogP contribution in [0.4, 0.5) is 5.69 Å². The zero-order chi connectivity index (χ0) is 20.1. The van der Waals surface area contributed by atoms with Crippen LogP contribution in [0.2, 0.25) is 0 Å². The van der Waals surface area contributed by atoms with Gasteiger partial charge >= 0.3 is 5.97 Å². The van der Waals surface area contributed by atoms with Crippen molar-refractivity contribution in [3.63, 3.8) is 0 Å². The number of fused-ring (bicyclic) bond motifs is 1. The zero-order valence-corrected chi connectivity index (χ0v) is 16.7. The van der Waals surface area contributed by atoms with Crippen LogP contribution in [0.5, 0.6) is 0 Å². The van der Waals surface area contributed by atoms with E-state index in [0.717, 1.165) is 10.1 Å². The Morgan fingerprint density at radius 1 is 1.14 bits per heavy atom. The van der Waals surface area contributed by atoms with Gasteiger partial charge in [0.15, 0.2) is 0 Å². The molecule has 1 aromatic heterocycles. The van der Waals surface area contributed by atoms with Crippen molar-refractivity contribution in [1.29, 1.82) is 0 Å². The second kappa shape index (κ2) is 8.90. The summed E-state index contributed by atoms with van der Waals surface area (Å²) in [6.45, 7) is 2.08. The highest BCUT2D eigenvalue weighted by Gasteiger charge is 2.14. The molecule has 0 aliphatic heterocycles. The number of carbonyl (C=O) groups is 3. The molecule has 1 heterocycles. The lowest BCUT2D eigenvalue weighted by molar-refractivity contribution is -0.115. The Hall–Kier alpha value is -2.84. The third-order valence-electron chi connectivity index (χ3n) is 3.75. The molecular weight excluding hydrogens is 396 g/mol. The first kappa shape index (κ1) is 19.9. The molecule has 3 rings (SSSR count). The second-order valence-corrected chi connectivity index (χ2v) is 7.89. The number of nitrogens with one attached hydrogen (secondary N) is 1. The minimum atomic E-state index is -0.444. The van der Waals surface area contributed by atoms with E-state index in [1.54, 1.807) is 43.3 Å². The number of amides is 2. The summed E-state index contributed by atoms with van der Waals surface area (Å²) in [6.07, 6.45) is 0. The molecule has 0 unspecified atom stereocenters. The summed E-state index contributed by atoms with van der Waals surface area (Å²) in [4.78, 5) is 36.8. The van der Waals surface area contributed by atoms with E-state index >= 15 is 0 Å². The monoisotopic (exact) mass is 414 g/mol. The zero-order valence-electron chi connectivity index (χ0n) is 15.1. The van der Waals surface area contributed by atoms with Crippen LogP contribution >= 0.6 is 23.1 Å². The summed E-state index contributed by atoms with van der Waals surface area (Å²) in [5.41, 5.74) is 6.27. The highest BCUT2D eigenvalue weighted by Crippen LogP contribution is 2.29. The molecule has 8 heteroatoms. The van der Waals surface area contributed by atoms with Gasteiger partial charge < -0.3 is 15.8 Å². The lowest BCUT2D eigenvalue weighted by atomic mass is 10.2. The molecule has 28 heavy (non-hydrogen) atoms. The van der Waals surface area contributed by atoms with Crippen LogP contribution in [0.3, 0.4) is 0 Å². The van der Waals surface area contributed by atoms with E-state index in [1.165, 1.54) is 23.1 Å². The van der Waals surface area contributed by atoms with Crippen molar-refractivity contribution in [2.45, 2.75) is 11.8 Å². The fourth-order valence-corrected chi connectivity index (χ4v) is 4.28. The summed E-state index contributed by atoms with van der Waals surface area (Å²) < 4.78 is 5.96. The normalized spacial score (nSPS) is 10.6. The number of esters is 1. The number of nitrogens with two attached hydrogens (primary N) is 1. The van der Waals surface area contributed by atoms with Gasteiger partial charge in [0.05, 0.1) is 17.9 Å². The molecule has 0 spiro atoms. The lowest BCUT2D eigenvalue weighted by Crippen LogP contribution is -2.15. The van der Waals surface area contributed by atoms with Crippen LogP contribution in [0.15, 0.2) is 53.4 Å². The molecule has 2 aromatic carbocycles. The van der Waals surface area contributed by atoms with Crippen molar-refractivity contribution in [1.82, 2.24) is 0 Å². The highest BCUT2D eigenvalue weighted by molar-refractivity contribution is 8.00. The number of ether oxygens (including phenoxy) is 1. The van der Waals surface area contributed by atoms with Gasteiger partial charge in [0.25, 0.3) is 5.91 Å². The molecule has 0 aliphatic carbocycles. The molecule has 3 N–H and O–H groups in total. The molecule has 6 nitrogen and oxygen atoms in total. The van der Waals surface area contributed by atoms with Crippen molar-refractivity contribution in [2.24, 2.45) is 5.73 Å². The molecule has 2 amide bonds. The van der Waals surface area contributed by atoms with Gasteiger partial charge in [-0.25, -0.2) is 4.79 Å². The van der Waals surface area contributed by atoms with E-state index in [-0.39, 0.29) is 17.6 Å². The maximum absolute atomic E-state index is 12.7. The lowest BCUT2D eigenvalue weighted by Gasteiger charge is -2.09. The molecule has 0 bridgehead atoms. The average Bonchev–Trinajstić information content (AvgIpc) is 3.10. The largest absolute Gasteiger partial charge is 0.462 e. The molecule has 0 atom stereocenters. The predicted molar refractivity (Wildman–Crippen MR) is 112 cm³/mol. The number of rotatable bonds is 7. The van der Waals surface area contributed by atoms with E-state index < -0.39 is 5.91 Å². The summed E-state index contributed by atoms with van der Waals surface area (Å²) in [6, 6.07) is 14.2. The minimum absolute atomic E-state index is 0.0990. The van der Waals surface area contributed by atoms with Crippen LogP contribution < -0.4 is 11.1 Å². The fourth-order valence-electron chi connectivity index (χ4n) is 2.55. The second-order valence-electron chi connectivity index (χ2n) is 5.79. The molecule has 3 aromatic rings. The number of hydrogen-bond acceptors (Lipinski definition) is 6. The Bertz CT molecular complexity index is 1050. The molecule has 0 saturated carbocycles. The molecule has 0 radical (unpaired) electrons. The van der Waals surface area contributed by atoms with Gasteiger partial charge in [-0.2, -0.15) is 0 Å². The van der Waals surface area contributed by atoms with Crippen molar-refractivity contribution in [2.75, 3.05) is 17.7 Å². The number of thioether (sulfide) groups is 1. The smallest absolute Gasteiger partial charge is 0.348 e. The predicted octanol–water partition coefficient (Wildman–Crippen LogP) is 3.91. The van der Waals surface area contributed by atoms with Gasteiger partial charge in [-0.15, -0.1) is 23.1 Å². The van der Waals surface area contributed by atoms with Crippen LogP contribution in [-0.4, -0.2) is 30.1 Å². The summed E-state index contributed by atoms with van der Waals surface area (Å²) in [7, 11) is 0. The Labute approximate surface area is 170 Å². The highest BCUT2D eigenvalue weighted by atomic mass is 32.2. The van der Waals surface area contributed by atoms with Gasteiger partial charge in [-0.05, 0) is 48.7 Å². The van der Waals surface area contributed by atoms with E-state index in [0.29, 0.717) is 27.6 Å². The van der Waals surface area contributed by atoms with Gasteiger partial charge in [0, 0.05) is 15.3 Å². The number of anilines is 1. The topological polar surface area (TPSA) is 98.5 Å². The van der Waals surface area contributed by atoms with Gasteiger partial charge in [0.1, 0.15) is 4.88 Å². The van der Waals surface area contributed by atoms with Crippen LogP contribution in [0.25, 0.3) is 10.1 Å². The van der Waals surface area contributed by atoms with Gasteiger partial charge in [0.2, 0.25) is 5.91 Å². The number of primary amides is 1. The number of benzene rings is 2. The molecule has 0 aliphatic rings. The molecule has 0 saturated heterocycles. The molecule has 0 fully saturated rings. The quantitative estimate of drug-likeness (QED) is 0.451. The van der Waals surface area contributed by atoms with Crippen molar-refractivity contribution in [3.8, 4) is 0 Å². The third kappa shape index (κ3) is 4.71. The summed E-state index contributed by atoms with van der Waals surface area (Å²) in [5.74, 6) is -0.982. The first-order valence-corrected chi connectivity index (χ1v) is 10.3. The van der Waals surface area contributed by atoms with Crippen LogP contribution in [0, 0.1) is 0 Å². The van der Waals surface area contributed by atoms with E-state index in [2.05, 4.69) is 5.32 Å². The van der Waals surface area contributed by atoms with Gasteiger partial charge in [-0.3, -0.25) is 9.59 Å². The Kier molecular flexibility index (Phi) is 6.33.